The van der Waals surface area contributed by atoms with Crippen LogP contribution in [0.3, 0.4) is 0 Å². The number of nitrogens with two attached hydrogens (primary N) is 1. The van der Waals surface area contributed by atoms with Gasteiger partial charge < -0.3 is 15.5 Å². The molecule has 0 spiro atoms. The summed E-state index contributed by atoms with van der Waals surface area (Å²) in [4.78, 5) is 11.0. The van der Waals surface area contributed by atoms with Crippen LogP contribution in [0.25, 0.3) is 11.5 Å². The minimum atomic E-state index is -0.573. The van der Waals surface area contributed by atoms with Crippen LogP contribution in [0.1, 0.15) is 25.7 Å². The lowest BCUT2D eigenvalue weighted by molar-refractivity contribution is 0.411. The van der Waals surface area contributed by atoms with Crippen LogP contribution < -0.4 is 16.8 Å². The smallest absolute Gasteiger partial charge is 0.388 e. The fourth-order valence-corrected chi connectivity index (χ4v) is 2.78. The van der Waals surface area contributed by atoms with E-state index in [0.717, 1.165) is 31.4 Å². The van der Waals surface area contributed by atoms with E-state index in [1.807, 2.05) is 6.07 Å². The Bertz CT molecular complexity index is 677. The summed E-state index contributed by atoms with van der Waals surface area (Å²) in [5, 5.41) is 10.1. The van der Waals surface area contributed by atoms with Crippen molar-refractivity contribution in [1.82, 2.24) is 10.2 Å². The van der Waals surface area contributed by atoms with E-state index in [4.69, 9.17) is 21.8 Å². The summed E-state index contributed by atoms with van der Waals surface area (Å²) in [7, 11) is 0. The molecule has 3 rings (SSSR count). The van der Waals surface area contributed by atoms with Crippen LogP contribution in [-0.4, -0.2) is 22.3 Å². The predicted octanol–water partition coefficient (Wildman–Crippen LogP) is 2.79. The molecule has 8 heteroatoms. The maximum absolute atomic E-state index is 11.0. The Hall–Kier alpha value is -1.50. The lowest BCUT2D eigenvalue weighted by atomic mass is 9.91. The predicted molar refractivity (Wildman–Crippen MR) is 88.7 cm³/mol. The van der Waals surface area contributed by atoms with Crippen LogP contribution in [0.5, 0.6) is 0 Å². The number of nitrogens with one attached hydrogen (secondary N) is 2. The minimum absolute atomic E-state index is 0. The first-order valence-electron chi connectivity index (χ1n) is 6.99. The van der Waals surface area contributed by atoms with E-state index in [1.54, 1.807) is 12.1 Å². The molecule has 1 saturated carbocycles. The van der Waals surface area contributed by atoms with E-state index < -0.39 is 5.76 Å². The second-order valence-electron chi connectivity index (χ2n) is 5.37. The van der Waals surface area contributed by atoms with Crippen LogP contribution >= 0.6 is 24.0 Å². The molecule has 1 aliphatic rings. The maximum Gasteiger partial charge on any atom is 0.434 e. The normalized spacial score (nSPS) is 21.2. The van der Waals surface area contributed by atoms with Gasteiger partial charge in [0.05, 0.1) is 10.7 Å². The third-order valence-corrected chi connectivity index (χ3v) is 4.11. The summed E-state index contributed by atoms with van der Waals surface area (Å²) < 4.78 is 4.96. The van der Waals surface area contributed by atoms with Crippen molar-refractivity contribution >= 4 is 29.7 Å². The largest absolute Gasteiger partial charge is 0.434 e. The first-order chi connectivity index (χ1) is 10.1. The van der Waals surface area contributed by atoms with E-state index in [1.165, 1.54) is 0 Å². The number of H-pyrrole nitrogens is 1. The standard InChI is InChI=1S/C14H17ClN4O2.ClH/c15-11-6-1-8(13-18-19-14(20)21-13)7-12(11)17-10-4-2-9(16)3-5-10;/h1,6-7,9-10,17H,2-5,16H2,(H,19,20);1H. The number of hydrogen-bond acceptors (Lipinski definition) is 5. The van der Waals surface area contributed by atoms with Crippen LogP contribution in [0.4, 0.5) is 5.69 Å². The van der Waals surface area contributed by atoms with Gasteiger partial charge in [-0.25, -0.2) is 9.89 Å². The quantitative estimate of drug-likeness (QED) is 0.795. The molecule has 0 aliphatic heterocycles. The van der Waals surface area contributed by atoms with Gasteiger partial charge in [-0.2, -0.15) is 0 Å². The van der Waals surface area contributed by atoms with E-state index in [0.29, 0.717) is 22.7 Å². The first kappa shape index (κ1) is 16.9. The highest BCUT2D eigenvalue weighted by atomic mass is 35.5. The molecule has 0 atom stereocenters. The van der Waals surface area contributed by atoms with Crippen molar-refractivity contribution in [1.29, 1.82) is 0 Å². The van der Waals surface area contributed by atoms with E-state index in [2.05, 4.69) is 15.5 Å². The molecule has 0 saturated heterocycles. The molecule has 1 fully saturated rings. The zero-order chi connectivity index (χ0) is 14.8. The molecule has 0 radical (unpaired) electrons. The molecule has 1 aromatic heterocycles. The average molecular weight is 345 g/mol. The second kappa shape index (κ2) is 7.17. The van der Waals surface area contributed by atoms with Crippen molar-refractivity contribution in [3.8, 4) is 11.5 Å². The molecule has 22 heavy (non-hydrogen) atoms. The fourth-order valence-electron chi connectivity index (χ4n) is 2.61. The number of benzene rings is 1. The number of anilines is 1. The molecular formula is C14H18Cl2N4O2. The van der Waals surface area contributed by atoms with E-state index in [-0.39, 0.29) is 18.3 Å². The number of rotatable bonds is 3. The molecule has 6 nitrogen and oxygen atoms in total. The van der Waals surface area contributed by atoms with Crippen molar-refractivity contribution in [2.24, 2.45) is 5.73 Å². The van der Waals surface area contributed by atoms with Gasteiger partial charge in [0.15, 0.2) is 0 Å². The zero-order valence-corrected chi connectivity index (χ0v) is 13.4. The van der Waals surface area contributed by atoms with Crippen molar-refractivity contribution in [3.05, 3.63) is 33.8 Å². The second-order valence-corrected chi connectivity index (χ2v) is 5.78. The Morgan fingerprint density at radius 3 is 2.68 bits per heavy atom. The van der Waals surface area contributed by atoms with Gasteiger partial charge in [0, 0.05) is 17.6 Å². The fraction of sp³-hybridized carbons (Fsp3) is 0.429. The summed E-state index contributed by atoms with van der Waals surface area (Å²) in [6.45, 7) is 0. The number of hydrogen-bond donors (Lipinski definition) is 3. The summed E-state index contributed by atoms with van der Waals surface area (Å²) >= 11 is 6.23. The summed E-state index contributed by atoms with van der Waals surface area (Å²) in [6, 6.07) is 6.05. The van der Waals surface area contributed by atoms with Gasteiger partial charge >= 0.3 is 5.76 Å². The van der Waals surface area contributed by atoms with Gasteiger partial charge in [-0.15, -0.1) is 17.5 Å². The van der Waals surface area contributed by atoms with Crippen LogP contribution in [0.15, 0.2) is 27.4 Å². The van der Waals surface area contributed by atoms with Crippen molar-refractivity contribution < 1.29 is 4.42 Å². The molecule has 1 aliphatic carbocycles. The Kier molecular flexibility index (Phi) is 5.50. The van der Waals surface area contributed by atoms with Crippen LogP contribution in [0.2, 0.25) is 5.02 Å². The van der Waals surface area contributed by atoms with Gasteiger partial charge in [-0.3, -0.25) is 0 Å². The number of aromatic nitrogens is 2. The van der Waals surface area contributed by atoms with Gasteiger partial charge in [0.2, 0.25) is 5.89 Å². The summed E-state index contributed by atoms with van der Waals surface area (Å²) in [6.07, 6.45) is 4.09. The molecule has 120 valence electrons. The SMILES string of the molecule is Cl.NC1CCC(Nc2cc(-c3n[nH]c(=O)o3)ccc2Cl)CC1. The van der Waals surface area contributed by atoms with Crippen molar-refractivity contribution in [2.45, 2.75) is 37.8 Å². The topological polar surface area (TPSA) is 96.9 Å². The van der Waals surface area contributed by atoms with Gasteiger partial charge in [0.1, 0.15) is 0 Å². The van der Waals surface area contributed by atoms with E-state index in [9.17, 15) is 4.79 Å². The lowest BCUT2D eigenvalue weighted by Gasteiger charge is -2.28. The Balaban J connectivity index is 0.00000176. The Labute approximate surface area is 138 Å². The lowest BCUT2D eigenvalue weighted by Crippen LogP contribution is -2.32. The zero-order valence-electron chi connectivity index (χ0n) is 11.8. The molecule has 0 unspecified atom stereocenters. The minimum Gasteiger partial charge on any atom is -0.388 e. The first-order valence-corrected chi connectivity index (χ1v) is 7.37. The molecule has 4 N–H and O–H groups in total. The summed E-state index contributed by atoms with van der Waals surface area (Å²) in [5.41, 5.74) is 7.44. The van der Waals surface area contributed by atoms with Gasteiger partial charge in [-0.05, 0) is 43.9 Å². The number of nitrogens with zero attached hydrogens (tertiary/aromatic N) is 1. The summed E-state index contributed by atoms with van der Waals surface area (Å²) in [5.74, 6) is -0.318. The molecule has 1 heterocycles. The highest BCUT2D eigenvalue weighted by Crippen LogP contribution is 2.30. The Morgan fingerprint density at radius 1 is 1.32 bits per heavy atom. The Morgan fingerprint density at radius 2 is 2.05 bits per heavy atom. The number of halogens is 2. The molecule has 1 aromatic carbocycles. The third kappa shape index (κ3) is 3.82. The molecule has 0 amide bonds. The maximum atomic E-state index is 11.0. The monoisotopic (exact) mass is 344 g/mol. The average Bonchev–Trinajstić information content (AvgIpc) is 2.90. The number of aromatic amines is 1. The van der Waals surface area contributed by atoms with Gasteiger partial charge in [0.25, 0.3) is 0 Å². The molecular weight excluding hydrogens is 327 g/mol. The molecule has 0 bridgehead atoms. The molecule has 2 aromatic rings. The highest BCUT2D eigenvalue weighted by molar-refractivity contribution is 6.33. The van der Waals surface area contributed by atoms with Gasteiger partial charge in [-0.1, -0.05) is 11.6 Å². The van der Waals surface area contributed by atoms with Crippen LogP contribution in [-0.2, 0) is 0 Å². The van der Waals surface area contributed by atoms with Crippen molar-refractivity contribution in [3.63, 3.8) is 0 Å². The van der Waals surface area contributed by atoms with Crippen LogP contribution in [0, 0.1) is 0 Å². The highest BCUT2D eigenvalue weighted by Gasteiger charge is 2.19. The third-order valence-electron chi connectivity index (χ3n) is 3.78. The van der Waals surface area contributed by atoms with Crippen molar-refractivity contribution in [2.75, 3.05) is 5.32 Å². The van der Waals surface area contributed by atoms with E-state index >= 15 is 0 Å².